The monoisotopic (exact) mass is 260 g/mol. The number of primary sulfonamides is 1. The van der Waals surface area contributed by atoms with Crippen molar-refractivity contribution in [3.63, 3.8) is 0 Å². The van der Waals surface area contributed by atoms with Crippen molar-refractivity contribution in [2.45, 2.75) is 11.5 Å². The summed E-state index contributed by atoms with van der Waals surface area (Å²) in [4.78, 5) is 2.78. The van der Waals surface area contributed by atoms with Gasteiger partial charge in [0.15, 0.2) is 5.03 Å². The predicted molar refractivity (Wildman–Crippen MR) is 45.5 cm³/mol. The zero-order valence-corrected chi connectivity index (χ0v) is 8.49. The van der Waals surface area contributed by atoms with E-state index in [1.807, 2.05) is 0 Å². The van der Waals surface area contributed by atoms with Gasteiger partial charge in [-0.05, 0) is 0 Å². The Kier molecular flexibility index (Phi) is 3.22. The lowest BCUT2D eigenvalue weighted by Crippen LogP contribution is -2.17. The summed E-state index contributed by atoms with van der Waals surface area (Å²) >= 11 is 5.26. The summed E-state index contributed by atoms with van der Waals surface area (Å²) < 4.78 is 59.0. The third-order valence-electron chi connectivity index (χ3n) is 1.43. The molecule has 84 valence electrons. The van der Waals surface area contributed by atoms with Crippen molar-refractivity contribution < 1.29 is 21.6 Å². The maximum absolute atomic E-state index is 12.6. The first kappa shape index (κ1) is 12.2. The van der Waals surface area contributed by atoms with Gasteiger partial charge >= 0.3 is 0 Å². The second kappa shape index (κ2) is 3.95. The number of nitrogens with zero attached hydrogens (tertiary/aromatic N) is 1. The molecule has 1 aromatic rings. The van der Waals surface area contributed by atoms with E-state index in [4.69, 9.17) is 11.6 Å². The van der Waals surface area contributed by atoms with Gasteiger partial charge in [-0.2, -0.15) is 4.39 Å². The van der Waals surface area contributed by atoms with E-state index in [-0.39, 0.29) is 0 Å². The average molecular weight is 261 g/mol. The maximum Gasteiger partial charge on any atom is 0.268 e. The Balaban J connectivity index is 3.62. The molecule has 0 aliphatic carbocycles. The molecule has 1 rings (SSSR count). The summed E-state index contributed by atoms with van der Waals surface area (Å²) in [6.45, 7) is 0. The standard InChI is InChI=1S/C6H4ClF3N2O2S/c7-2-1-3(8)12-6(15(11,13)14)4(2)5(9)10/h1,5H,(H2,11,13,14). The van der Waals surface area contributed by atoms with Crippen molar-refractivity contribution >= 4 is 21.6 Å². The van der Waals surface area contributed by atoms with Crippen LogP contribution in [-0.2, 0) is 10.0 Å². The van der Waals surface area contributed by atoms with E-state index >= 15 is 0 Å². The number of halogens is 4. The lowest BCUT2D eigenvalue weighted by molar-refractivity contribution is 0.146. The molecular formula is C6H4ClF3N2O2S. The van der Waals surface area contributed by atoms with Gasteiger partial charge in [-0.25, -0.2) is 27.3 Å². The largest absolute Gasteiger partial charge is 0.268 e. The van der Waals surface area contributed by atoms with Gasteiger partial charge in [-0.1, -0.05) is 11.6 Å². The van der Waals surface area contributed by atoms with Gasteiger partial charge in [-0.15, -0.1) is 0 Å². The molecule has 9 heteroatoms. The minimum atomic E-state index is -4.54. The summed E-state index contributed by atoms with van der Waals surface area (Å²) in [7, 11) is -4.54. The lowest BCUT2D eigenvalue weighted by Gasteiger charge is -2.07. The first-order valence-electron chi connectivity index (χ1n) is 3.40. The topological polar surface area (TPSA) is 73.1 Å². The lowest BCUT2D eigenvalue weighted by atomic mass is 10.3. The maximum atomic E-state index is 12.6. The van der Waals surface area contributed by atoms with Gasteiger partial charge < -0.3 is 0 Å². The number of nitrogens with two attached hydrogens (primary N) is 1. The molecule has 0 amide bonds. The summed E-state index contributed by atoms with van der Waals surface area (Å²) in [6, 6.07) is 0.484. The molecule has 4 nitrogen and oxygen atoms in total. The highest BCUT2D eigenvalue weighted by molar-refractivity contribution is 7.89. The first-order valence-corrected chi connectivity index (χ1v) is 5.33. The van der Waals surface area contributed by atoms with Crippen LogP contribution in [-0.4, -0.2) is 13.4 Å². The number of pyridine rings is 1. The molecule has 2 N–H and O–H groups in total. The molecule has 0 saturated carbocycles. The first-order chi connectivity index (χ1) is 6.73. The van der Waals surface area contributed by atoms with E-state index in [0.717, 1.165) is 0 Å². The van der Waals surface area contributed by atoms with Crippen molar-refractivity contribution in [1.29, 1.82) is 0 Å². The van der Waals surface area contributed by atoms with Crippen LogP contribution in [0.4, 0.5) is 13.2 Å². The molecule has 15 heavy (non-hydrogen) atoms. The molecule has 0 unspecified atom stereocenters. The molecule has 0 bridgehead atoms. The van der Waals surface area contributed by atoms with Crippen LogP contribution in [0.1, 0.15) is 12.0 Å². The second-order valence-corrected chi connectivity index (χ2v) is 4.38. The second-order valence-electron chi connectivity index (χ2n) is 2.49. The van der Waals surface area contributed by atoms with Crippen LogP contribution in [0, 0.1) is 5.95 Å². The fraction of sp³-hybridized carbons (Fsp3) is 0.167. The van der Waals surface area contributed by atoms with E-state index in [0.29, 0.717) is 6.07 Å². The number of aromatic nitrogens is 1. The molecule has 0 fully saturated rings. The van der Waals surface area contributed by atoms with E-state index in [1.54, 1.807) is 0 Å². The van der Waals surface area contributed by atoms with Crippen LogP contribution in [0.25, 0.3) is 0 Å². The van der Waals surface area contributed by atoms with E-state index < -0.39 is 38.0 Å². The Morgan fingerprint density at radius 2 is 2.00 bits per heavy atom. The van der Waals surface area contributed by atoms with Crippen LogP contribution in [0.2, 0.25) is 5.02 Å². The number of rotatable bonds is 2. The number of hydrogen-bond donors (Lipinski definition) is 1. The quantitative estimate of drug-likeness (QED) is 0.818. The molecule has 0 aromatic carbocycles. The van der Waals surface area contributed by atoms with Crippen LogP contribution < -0.4 is 5.14 Å². The number of alkyl halides is 2. The third-order valence-corrected chi connectivity index (χ3v) is 2.59. The summed E-state index contributed by atoms with van der Waals surface area (Å²) in [5.41, 5.74) is -1.10. The summed E-state index contributed by atoms with van der Waals surface area (Å²) in [6.07, 6.45) is -3.21. The van der Waals surface area contributed by atoms with Crippen LogP contribution in [0.5, 0.6) is 0 Å². The molecule has 0 radical (unpaired) electrons. The predicted octanol–water partition coefficient (Wildman–Crippen LogP) is 1.46. The smallest absolute Gasteiger partial charge is 0.223 e. The van der Waals surface area contributed by atoms with Gasteiger partial charge in [-0.3, -0.25) is 0 Å². The molecule has 1 heterocycles. The highest BCUT2D eigenvalue weighted by Crippen LogP contribution is 2.31. The minimum absolute atomic E-state index is 0.484. The summed E-state index contributed by atoms with van der Waals surface area (Å²) in [5.74, 6) is -1.30. The molecule has 0 aliphatic rings. The molecular weight excluding hydrogens is 257 g/mol. The normalized spacial score (nSPS) is 12.1. The van der Waals surface area contributed by atoms with Crippen LogP contribution in [0.3, 0.4) is 0 Å². The van der Waals surface area contributed by atoms with Crippen molar-refractivity contribution in [3.05, 3.63) is 22.6 Å². The summed E-state index contributed by atoms with van der Waals surface area (Å²) in [5, 5.41) is 2.60. The Labute approximate surface area is 87.9 Å². The van der Waals surface area contributed by atoms with E-state index in [2.05, 4.69) is 10.1 Å². The Morgan fingerprint density at radius 3 is 2.40 bits per heavy atom. The fourth-order valence-corrected chi connectivity index (χ4v) is 1.93. The van der Waals surface area contributed by atoms with Crippen LogP contribution >= 0.6 is 11.6 Å². The van der Waals surface area contributed by atoms with E-state index in [9.17, 15) is 21.6 Å². The van der Waals surface area contributed by atoms with Crippen molar-refractivity contribution in [1.82, 2.24) is 4.98 Å². The van der Waals surface area contributed by atoms with E-state index in [1.165, 1.54) is 0 Å². The highest BCUT2D eigenvalue weighted by atomic mass is 35.5. The Morgan fingerprint density at radius 1 is 1.47 bits per heavy atom. The molecule has 0 atom stereocenters. The van der Waals surface area contributed by atoms with Gasteiger partial charge in [0.2, 0.25) is 5.95 Å². The fourth-order valence-electron chi connectivity index (χ4n) is 0.888. The SMILES string of the molecule is NS(=O)(=O)c1nc(F)cc(Cl)c1C(F)F. The molecule has 1 aromatic heterocycles. The van der Waals surface area contributed by atoms with Crippen molar-refractivity contribution in [2.24, 2.45) is 5.14 Å². The third kappa shape index (κ3) is 2.58. The van der Waals surface area contributed by atoms with Crippen molar-refractivity contribution in [2.75, 3.05) is 0 Å². The average Bonchev–Trinajstić information content (AvgIpc) is 1.99. The van der Waals surface area contributed by atoms with Gasteiger partial charge in [0.25, 0.3) is 16.4 Å². The molecule has 0 spiro atoms. The van der Waals surface area contributed by atoms with Crippen LogP contribution in [0.15, 0.2) is 11.1 Å². The Hall–Kier alpha value is -0.860. The van der Waals surface area contributed by atoms with Gasteiger partial charge in [0, 0.05) is 6.07 Å². The zero-order valence-electron chi connectivity index (χ0n) is 6.92. The zero-order chi connectivity index (χ0) is 11.8. The minimum Gasteiger partial charge on any atom is -0.223 e. The highest BCUT2D eigenvalue weighted by Gasteiger charge is 2.26. The van der Waals surface area contributed by atoms with Gasteiger partial charge in [0.05, 0.1) is 10.6 Å². The van der Waals surface area contributed by atoms with Crippen molar-refractivity contribution in [3.8, 4) is 0 Å². The molecule has 0 saturated heterocycles. The number of hydrogen-bond acceptors (Lipinski definition) is 3. The molecule has 0 aliphatic heterocycles. The Bertz CT molecular complexity index is 491. The number of sulfonamides is 1. The van der Waals surface area contributed by atoms with Gasteiger partial charge in [0.1, 0.15) is 0 Å².